The van der Waals surface area contributed by atoms with Crippen molar-refractivity contribution in [3.05, 3.63) is 35.2 Å². The normalized spacial score (nSPS) is 28.1. The monoisotopic (exact) mass is 438 g/mol. The van der Waals surface area contributed by atoms with Crippen molar-refractivity contribution < 1.29 is 19.1 Å². The van der Waals surface area contributed by atoms with Crippen molar-refractivity contribution in [1.29, 1.82) is 0 Å². The van der Waals surface area contributed by atoms with E-state index >= 15 is 0 Å². The average molecular weight is 439 g/mol. The summed E-state index contributed by atoms with van der Waals surface area (Å²) >= 11 is 0. The summed E-state index contributed by atoms with van der Waals surface area (Å²) in [5.74, 6) is 1.25. The van der Waals surface area contributed by atoms with Gasteiger partial charge in [-0.1, -0.05) is 0 Å². The third-order valence-corrected chi connectivity index (χ3v) is 7.53. The summed E-state index contributed by atoms with van der Waals surface area (Å²) in [6.45, 7) is 6.71. The average Bonchev–Trinajstić information content (AvgIpc) is 3.06. The van der Waals surface area contributed by atoms with Gasteiger partial charge in [-0.15, -0.1) is 0 Å². The van der Waals surface area contributed by atoms with Crippen LogP contribution in [0, 0.1) is 31.6 Å². The van der Waals surface area contributed by atoms with Gasteiger partial charge in [-0.2, -0.15) is 5.10 Å². The number of aryl methyl sites for hydroxylation is 2. The summed E-state index contributed by atoms with van der Waals surface area (Å²) in [6.07, 6.45) is 3.21. The topological polar surface area (TPSA) is 94.5 Å². The molecule has 3 fully saturated rings. The molecule has 32 heavy (non-hydrogen) atoms. The maximum Gasteiger partial charge on any atom is 0.258 e. The molecule has 8 heteroatoms. The van der Waals surface area contributed by atoms with E-state index in [1.165, 1.54) is 0 Å². The maximum absolute atomic E-state index is 13.3. The molecule has 1 aromatic carbocycles. The minimum Gasteiger partial charge on any atom is -0.497 e. The fraction of sp³-hybridized carbons (Fsp3) is 0.542. The SMILES string of the molecule is CCn1nc(C)c(NC(=O)[C@H]2C[C@H]3CC[C@@H]2C[C@@]32NC(=O)c3ccc(OC)cc3O2)c1C. The molecule has 2 amide bonds. The molecule has 2 heterocycles. The lowest BCUT2D eigenvalue weighted by Crippen LogP contribution is -2.66. The van der Waals surface area contributed by atoms with Crippen molar-refractivity contribution in [3.63, 3.8) is 0 Å². The lowest BCUT2D eigenvalue weighted by Gasteiger charge is -2.55. The van der Waals surface area contributed by atoms with E-state index in [0.717, 1.165) is 36.5 Å². The van der Waals surface area contributed by atoms with Crippen LogP contribution in [-0.4, -0.2) is 34.4 Å². The standard InChI is InChI=1S/C24H30N4O4/c1-5-28-14(3)21(13(2)27-28)25-22(29)19-10-16-7-6-15(19)12-24(16)26-23(30)18-9-8-17(31-4)11-20(18)32-24/h8-9,11,15-16,19H,5-7,10,12H2,1-4H3,(H,25,29)(H,26,30)/t15-,16-,19+,24+/m1/s1. The van der Waals surface area contributed by atoms with Gasteiger partial charge < -0.3 is 20.1 Å². The number of hydrogen-bond acceptors (Lipinski definition) is 5. The maximum atomic E-state index is 13.3. The quantitative estimate of drug-likeness (QED) is 0.763. The number of fused-ring (bicyclic) bond motifs is 3. The van der Waals surface area contributed by atoms with E-state index in [0.29, 0.717) is 29.9 Å². The van der Waals surface area contributed by atoms with Gasteiger partial charge in [0.05, 0.1) is 29.7 Å². The summed E-state index contributed by atoms with van der Waals surface area (Å²) in [5, 5.41) is 10.8. The lowest BCUT2D eigenvalue weighted by molar-refractivity contribution is -0.142. The molecule has 1 aromatic heterocycles. The Morgan fingerprint density at radius 3 is 2.84 bits per heavy atom. The van der Waals surface area contributed by atoms with Crippen LogP contribution in [-0.2, 0) is 11.3 Å². The second kappa shape index (κ2) is 7.53. The fourth-order valence-corrected chi connectivity index (χ4v) is 5.84. The molecule has 4 atom stereocenters. The van der Waals surface area contributed by atoms with Crippen molar-refractivity contribution in [2.75, 3.05) is 12.4 Å². The first-order chi connectivity index (χ1) is 15.3. The van der Waals surface area contributed by atoms with Crippen LogP contribution in [0.5, 0.6) is 11.5 Å². The van der Waals surface area contributed by atoms with Crippen molar-refractivity contribution in [3.8, 4) is 11.5 Å². The van der Waals surface area contributed by atoms with Crippen LogP contribution in [0.2, 0.25) is 0 Å². The highest BCUT2D eigenvalue weighted by Crippen LogP contribution is 2.53. The number of nitrogens with one attached hydrogen (secondary N) is 2. The highest BCUT2D eigenvalue weighted by molar-refractivity contribution is 5.99. The molecule has 2 N–H and O–H groups in total. The minimum absolute atomic E-state index is 0.0422. The first-order valence-electron chi connectivity index (χ1n) is 11.4. The number of carbonyl (C=O) groups excluding carboxylic acids is 2. The highest BCUT2D eigenvalue weighted by Gasteiger charge is 2.57. The molecule has 4 aliphatic rings. The second-order valence-electron chi connectivity index (χ2n) is 9.24. The van der Waals surface area contributed by atoms with Gasteiger partial charge in [-0.3, -0.25) is 14.3 Å². The van der Waals surface area contributed by atoms with Crippen LogP contribution in [0.15, 0.2) is 18.2 Å². The van der Waals surface area contributed by atoms with Crippen molar-refractivity contribution in [2.24, 2.45) is 17.8 Å². The van der Waals surface area contributed by atoms with Crippen molar-refractivity contribution in [1.82, 2.24) is 15.1 Å². The Hall–Kier alpha value is -3.03. The Bertz CT molecular complexity index is 1090. The summed E-state index contributed by atoms with van der Waals surface area (Å²) in [5.41, 5.74) is 2.39. The molecule has 2 aromatic rings. The molecule has 8 nitrogen and oxygen atoms in total. The molecular weight excluding hydrogens is 408 g/mol. The number of methoxy groups -OCH3 is 1. The third-order valence-electron chi connectivity index (χ3n) is 7.53. The molecule has 0 unspecified atom stereocenters. The minimum atomic E-state index is -0.755. The van der Waals surface area contributed by atoms with Crippen LogP contribution >= 0.6 is 0 Å². The van der Waals surface area contributed by atoms with Gasteiger partial charge >= 0.3 is 0 Å². The number of anilines is 1. The number of carbonyl (C=O) groups is 2. The van der Waals surface area contributed by atoms with Crippen LogP contribution in [0.1, 0.15) is 54.4 Å². The molecule has 170 valence electrons. The molecule has 2 bridgehead atoms. The number of nitrogens with zero attached hydrogens (tertiary/aromatic N) is 2. The van der Waals surface area contributed by atoms with Crippen molar-refractivity contribution in [2.45, 2.75) is 58.7 Å². The molecule has 0 saturated heterocycles. The molecule has 6 rings (SSSR count). The highest BCUT2D eigenvalue weighted by atomic mass is 16.5. The van der Waals surface area contributed by atoms with E-state index in [2.05, 4.69) is 15.7 Å². The van der Waals surface area contributed by atoms with Crippen LogP contribution in [0.3, 0.4) is 0 Å². The zero-order valence-corrected chi connectivity index (χ0v) is 19.0. The number of rotatable bonds is 4. The Kier molecular flexibility index (Phi) is 4.91. The molecule has 3 saturated carbocycles. The summed E-state index contributed by atoms with van der Waals surface area (Å²) in [4.78, 5) is 26.2. The largest absolute Gasteiger partial charge is 0.497 e. The van der Waals surface area contributed by atoms with Gasteiger partial charge in [0, 0.05) is 30.9 Å². The van der Waals surface area contributed by atoms with Gasteiger partial charge in [-0.25, -0.2) is 0 Å². The predicted molar refractivity (Wildman–Crippen MR) is 119 cm³/mol. The lowest BCUT2D eigenvalue weighted by atomic mass is 9.60. The molecule has 1 aliphatic heterocycles. The zero-order valence-electron chi connectivity index (χ0n) is 19.0. The number of benzene rings is 1. The molecular formula is C24H30N4O4. The Labute approximate surface area is 187 Å². The van der Waals surface area contributed by atoms with E-state index < -0.39 is 5.72 Å². The van der Waals surface area contributed by atoms with E-state index in [1.54, 1.807) is 25.3 Å². The molecule has 3 aliphatic carbocycles. The first kappa shape index (κ1) is 20.8. The second-order valence-corrected chi connectivity index (χ2v) is 9.24. The van der Waals surface area contributed by atoms with Crippen molar-refractivity contribution >= 4 is 17.5 Å². The van der Waals surface area contributed by atoms with Gasteiger partial charge in [0.25, 0.3) is 5.91 Å². The van der Waals surface area contributed by atoms with Crippen LogP contribution in [0.4, 0.5) is 5.69 Å². The Morgan fingerprint density at radius 1 is 1.38 bits per heavy atom. The summed E-state index contributed by atoms with van der Waals surface area (Å²) in [6, 6.07) is 5.27. The number of hydrogen-bond donors (Lipinski definition) is 2. The summed E-state index contributed by atoms with van der Waals surface area (Å²) < 4.78 is 13.7. The smallest absolute Gasteiger partial charge is 0.258 e. The summed E-state index contributed by atoms with van der Waals surface area (Å²) in [7, 11) is 1.60. The van der Waals surface area contributed by atoms with E-state index in [4.69, 9.17) is 9.47 Å². The van der Waals surface area contributed by atoms with Crippen LogP contribution in [0.25, 0.3) is 0 Å². The zero-order chi connectivity index (χ0) is 22.6. The molecule has 0 radical (unpaired) electrons. The number of amides is 2. The van der Waals surface area contributed by atoms with Crippen LogP contribution < -0.4 is 20.1 Å². The number of aromatic nitrogens is 2. The van der Waals surface area contributed by atoms with Gasteiger partial charge in [0.1, 0.15) is 11.5 Å². The number of ether oxygens (including phenoxy) is 2. The van der Waals surface area contributed by atoms with Gasteiger partial charge in [0.15, 0.2) is 5.72 Å². The third kappa shape index (κ3) is 3.15. The van der Waals surface area contributed by atoms with Gasteiger partial charge in [-0.05, 0) is 58.1 Å². The first-order valence-corrected chi connectivity index (χ1v) is 11.4. The Balaban J connectivity index is 1.36. The fourth-order valence-electron chi connectivity index (χ4n) is 5.84. The van der Waals surface area contributed by atoms with E-state index in [9.17, 15) is 9.59 Å². The van der Waals surface area contributed by atoms with Gasteiger partial charge in [0.2, 0.25) is 5.91 Å². The Morgan fingerprint density at radius 2 is 2.19 bits per heavy atom. The van der Waals surface area contributed by atoms with E-state index in [1.807, 2.05) is 25.5 Å². The molecule has 1 spiro atoms. The predicted octanol–water partition coefficient (Wildman–Crippen LogP) is 3.42. The van der Waals surface area contributed by atoms with E-state index in [-0.39, 0.29) is 29.6 Å².